The lowest BCUT2D eigenvalue weighted by Crippen LogP contribution is -2.43. The van der Waals surface area contributed by atoms with E-state index in [9.17, 15) is 14.4 Å². The third kappa shape index (κ3) is 5.32. The first-order chi connectivity index (χ1) is 14.0. The van der Waals surface area contributed by atoms with E-state index in [1.807, 2.05) is 4.90 Å². The molecule has 2 heterocycles. The van der Waals surface area contributed by atoms with Crippen LogP contribution in [-0.4, -0.2) is 47.2 Å². The fourth-order valence-electron chi connectivity index (χ4n) is 3.26. The third-order valence-electron chi connectivity index (χ3n) is 5.10. The molecular formula is C21H23ClN4O3. The number of likely N-dealkylation sites (tertiary alicyclic amines) is 1. The van der Waals surface area contributed by atoms with Gasteiger partial charge in [0.1, 0.15) is 0 Å². The fourth-order valence-corrected chi connectivity index (χ4v) is 3.43. The monoisotopic (exact) mass is 414 g/mol. The quantitative estimate of drug-likeness (QED) is 0.752. The van der Waals surface area contributed by atoms with Gasteiger partial charge in [0.05, 0.1) is 0 Å². The van der Waals surface area contributed by atoms with Crippen molar-refractivity contribution < 1.29 is 14.4 Å². The minimum atomic E-state index is -0.722. The Morgan fingerprint density at radius 2 is 1.79 bits per heavy atom. The summed E-state index contributed by atoms with van der Waals surface area (Å²) in [5.41, 5.74) is 1.85. The SMILES string of the molecule is Cc1c(Cl)cccc1NC(=O)C(=O)NCC1CCN(C(=O)c2ccncc2)CC1. The summed E-state index contributed by atoms with van der Waals surface area (Å²) >= 11 is 6.03. The molecule has 0 bridgehead atoms. The maximum absolute atomic E-state index is 12.5. The lowest BCUT2D eigenvalue weighted by molar-refractivity contribution is -0.136. The number of anilines is 1. The first-order valence-electron chi connectivity index (χ1n) is 9.49. The number of carbonyl (C=O) groups excluding carboxylic acids is 3. The van der Waals surface area contributed by atoms with Crippen molar-refractivity contribution in [1.82, 2.24) is 15.2 Å². The molecule has 1 aliphatic heterocycles. The molecule has 3 rings (SSSR count). The van der Waals surface area contributed by atoms with Crippen molar-refractivity contribution in [1.29, 1.82) is 0 Å². The van der Waals surface area contributed by atoms with Crippen molar-refractivity contribution in [2.75, 3.05) is 25.0 Å². The molecule has 1 fully saturated rings. The molecular weight excluding hydrogens is 392 g/mol. The van der Waals surface area contributed by atoms with Crippen LogP contribution in [0.3, 0.4) is 0 Å². The van der Waals surface area contributed by atoms with Crippen LogP contribution < -0.4 is 10.6 Å². The highest BCUT2D eigenvalue weighted by atomic mass is 35.5. The smallest absolute Gasteiger partial charge is 0.313 e. The molecule has 3 amide bonds. The zero-order valence-corrected chi connectivity index (χ0v) is 16.9. The lowest BCUT2D eigenvalue weighted by atomic mass is 9.96. The summed E-state index contributed by atoms with van der Waals surface area (Å²) in [6.45, 7) is 3.42. The highest BCUT2D eigenvalue weighted by molar-refractivity contribution is 6.40. The van der Waals surface area contributed by atoms with Crippen molar-refractivity contribution in [2.24, 2.45) is 5.92 Å². The summed E-state index contributed by atoms with van der Waals surface area (Å²) in [5.74, 6) is -1.19. The predicted octanol–water partition coefficient (Wildman–Crippen LogP) is 2.65. The Morgan fingerprint density at radius 3 is 2.48 bits per heavy atom. The Bertz CT molecular complexity index is 896. The number of pyridine rings is 1. The molecule has 0 saturated carbocycles. The fraction of sp³-hybridized carbons (Fsp3) is 0.333. The van der Waals surface area contributed by atoms with Gasteiger partial charge in [0.2, 0.25) is 0 Å². The topological polar surface area (TPSA) is 91.4 Å². The normalized spacial score (nSPS) is 14.3. The van der Waals surface area contributed by atoms with E-state index < -0.39 is 11.8 Å². The number of nitrogens with zero attached hydrogens (tertiary/aromatic N) is 2. The predicted molar refractivity (Wildman–Crippen MR) is 111 cm³/mol. The van der Waals surface area contributed by atoms with Crippen LogP contribution in [0.1, 0.15) is 28.8 Å². The van der Waals surface area contributed by atoms with Gasteiger partial charge in [-0.3, -0.25) is 19.4 Å². The van der Waals surface area contributed by atoms with Gasteiger partial charge < -0.3 is 15.5 Å². The van der Waals surface area contributed by atoms with Gasteiger partial charge in [-0.2, -0.15) is 0 Å². The Morgan fingerprint density at radius 1 is 1.10 bits per heavy atom. The van der Waals surface area contributed by atoms with E-state index in [4.69, 9.17) is 11.6 Å². The molecule has 7 nitrogen and oxygen atoms in total. The molecule has 2 aromatic rings. The highest BCUT2D eigenvalue weighted by Gasteiger charge is 2.24. The van der Waals surface area contributed by atoms with Crippen LogP contribution >= 0.6 is 11.6 Å². The van der Waals surface area contributed by atoms with E-state index in [0.29, 0.717) is 41.5 Å². The van der Waals surface area contributed by atoms with Crippen LogP contribution in [0.15, 0.2) is 42.7 Å². The van der Waals surface area contributed by atoms with Crippen LogP contribution in [0.2, 0.25) is 5.02 Å². The first kappa shape index (κ1) is 20.8. The standard InChI is InChI=1S/C21H23ClN4O3/c1-14-17(22)3-2-4-18(14)25-20(28)19(27)24-13-15-7-11-26(12-8-15)21(29)16-5-9-23-10-6-16/h2-6,9-10,15H,7-8,11-13H2,1H3,(H,24,27)(H,25,28). The highest BCUT2D eigenvalue weighted by Crippen LogP contribution is 2.23. The molecule has 152 valence electrons. The van der Waals surface area contributed by atoms with Crippen molar-refractivity contribution in [3.05, 3.63) is 58.9 Å². The molecule has 29 heavy (non-hydrogen) atoms. The second kappa shape index (κ2) is 9.52. The van der Waals surface area contributed by atoms with Gasteiger partial charge in [0, 0.05) is 48.3 Å². The van der Waals surface area contributed by atoms with Crippen LogP contribution in [0.4, 0.5) is 5.69 Å². The van der Waals surface area contributed by atoms with Gasteiger partial charge in [0.25, 0.3) is 5.91 Å². The van der Waals surface area contributed by atoms with Gasteiger partial charge in [-0.25, -0.2) is 0 Å². The van der Waals surface area contributed by atoms with Gasteiger partial charge in [-0.1, -0.05) is 17.7 Å². The van der Waals surface area contributed by atoms with E-state index in [1.54, 1.807) is 49.6 Å². The lowest BCUT2D eigenvalue weighted by Gasteiger charge is -2.32. The molecule has 0 aliphatic carbocycles. The zero-order valence-electron chi connectivity index (χ0n) is 16.2. The Kier molecular flexibility index (Phi) is 6.82. The zero-order chi connectivity index (χ0) is 20.8. The van der Waals surface area contributed by atoms with Crippen LogP contribution in [0, 0.1) is 12.8 Å². The number of hydrogen-bond acceptors (Lipinski definition) is 4. The van der Waals surface area contributed by atoms with Gasteiger partial charge in [0.15, 0.2) is 0 Å². The number of amides is 3. The number of benzene rings is 1. The van der Waals surface area contributed by atoms with Crippen molar-refractivity contribution >= 4 is 35.0 Å². The molecule has 1 aromatic carbocycles. The van der Waals surface area contributed by atoms with Crippen molar-refractivity contribution in [3.63, 3.8) is 0 Å². The van der Waals surface area contributed by atoms with E-state index >= 15 is 0 Å². The van der Waals surface area contributed by atoms with Crippen molar-refractivity contribution in [2.45, 2.75) is 19.8 Å². The third-order valence-corrected chi connectivity index (χ3v) is 5.51. The summed E-state index contributed by atoms with van der Waals surface area (Å²) in [5, 5.41) is 5.80. The molecule has 1 aliphatic rings. The Balaban J connectivity index is 1.44. The van der Waals surface area contributed by atoms with E-state index in [2.05, 4.69) is 15.6 Å². The molecule has 0 unspecified atom stereocenters. The second-order valence-corrected chi connectivity index (χ2v) is 7.46. The first-order valence-corrected chi connectivity index (χ1v) is 9.87. The summed E-state index contributed by atoms with van der Waals surface area (Å²) in [6.07, 6.45) is 4.75. The Labute approximate surface area is 174 Å². The summed E-state index contributed by atoms with van der Waals surface area (Å²) in [4.78, 5) is 42.4. The Hall–Kier alpha value is -2.93. The van der Waals surface area contributed by atoms with E-state index in [-0.39, 0.29) is 11.8 Å². The number of aromatic nitrogens is 1. The molecule has 8 heteroatoms. The maximum atomic E-state index is 12.5. The minimum absolute atomic E-state index is 0.00819. The van der Waals surface area contributed by atoms with E-state index in [0.717, 1.165) is 12.8 Å². The average molecular weight is 415 g/mol. The summed E-state index contributed by atoms with van der Waals surface area (Å²) < 4.78 is 0. The number of halogens is 1. The molecule has 0 radical (unpaired) electrons. The van der Waals surface area contributed by atoms with Gasteiger partial charge in [-0.15, -0.1) is 0 Å². The van der Waals surface area contributed by atoms with Gasteiger partial charge >= 0.3 is 11.8 Å². The second-order valence-electron chi connectivity index (χ2n) is 7.05. The molecule has 0 atom stereocenters. The molecule has 0 spiro atoms. The van der Waals surface area contributed by atoms with Crippen molar-refractivity contribution in [3.8, 4) is 0 Å². The molecule has 1 saturated heterocycles. The van der Waals surface area contributed by atoms with Crippen LogP contribution in [-0.2, 0) is 9.59 Å². The largest absolute Gasteiger partial charge is 0.348 e. The molecule has 2 N–H and O–H groups in total. The summed E-state index contributed by atoms with van der Waals surface area (Å²) in [6, 6.07) is 8.54. The minimum Gasteiger partial charge on any atom is -0.348 e. The van der Waals surface area contributed by atoms with Gasteiger partial charge in [-0.05, 0) is 55.5 Å². The van der Waals surface area contributed by atoms with Crippen LogP contribution in [0.5, 0.6) is 0 Å². The van der Waals surface area contributed by atoms with E-state index in [1.165, 1.54) is 0 Å². The van der Waals surface area contributed by atoms with Crippen LogP contribution in [0.25, 0.3) is 0 Å². The number of piperidine rings is 1. The maximum Gasteiger partial charge on any atom is 0.313 e. The summed E-state index contributed by atoms with van der Waals surface area (Å²) in [7, 11) is 0. The average Bonchev–Trinajstić information content (AvgIpc) is 2.75. The number of carbonyl (C=O) groups is 3. The number of nitrogens with one attached hydrogen (secondary N) is 2. The number of hydrogen-bond donors (Lipinski definition) is 2. The molecule has 1 aromatic heterocycles. The number of rotatable bonds is 4.